The van der Waals surface area contributed by atoms with Crippen molar-refractivity contribution in [2.75, 3.05) is 16.6 Å². The minimum Gasteiger partial charge on any atom is -0.478 e. The second kappa shape index (κ2) is 3.99. The maximum Gasteiger partial charge on any atom is 0.338 e. The summed E-state index contributed by atoms with van der Waals surface area (Å²) >= 11 is 0. The Hall–Kier alpha value is -1.63. The van der Waals surface area contributed by atoms with E-state index in [1.807, 2.05) is 0 Å². The highest BCUT2D eigenvalue weighted by atomic mass is 32.2. The molecule has 1 aromatic rings. The van der Waals surface area contributed by atoms with Gasteiger partial charge in [0.15, 0.2) is 0 Å². The van der Waals surface area contributed by atoms with Gasteiger partial charge in [-0.3, -0.25) is 4.31 Å². The molecule has 1 aromatic carbocycles. The lowest BCUT2D eigenvalue weighted by Gasteiger charge is -2.17. The van der Waals surface area contributed by atoms with Gasteiger partial charge in [0.2, 0.25) is 10.0 Å². The molecule has 0 aromatic heterocycles. The first kappa shape index (κ1) is 11.8. The predicted molar refractivity (Wildman–Crippen MR) is 59.1 cm³/mol. The van der Waals surface area contributed by atoms with E-state index in [-0.39, 0.29) is 11.4 Å². The van der Waals surface area contributed by atoms with Gasteiger partial charge in [0.1, 0.15) is 5.82 Å². The van der Waals surface area contributed by atoms with Crippen LogP contribution in [0.15, 0.2) is 18.2 Å². The van der Waals surface area contributed by atoms with Crippen molar-refractivity contribution >= 4 is 21.7 Å². The molecule has 0 bridgehead atoms. The second-order valence-electron chi connectivity index (χ2n) is 3.71. The number of nitrogens with zero attached hydrogens (tertiary/aromatic N) is 1. The molecular weight excluding hydrogens is 249 g/mol. The molecule has 0 aliphatic carbocycles. The van der Waals surface area contributed by atoms with Crippen LogP contribution >= 0.6 is 0 Å². The van der Waals surface area contributed by atoms with Crippen molar-refractivity contribution in [3.05, 3.63) is 29.6 Å². The van der Waals surface area contributed by atoms with Gasteiger partial charge in [-0.15, -0.1) is 0 Å². The molecule has 7 heteroatoms. The summed E-state index contributed by atoms with van der Waals surface area (Å²) in [5.41, 5.74) is -0.328. The first-order chi connectivity index (χ1) is 7.92. The van der Waals surface area contributed by atoms with Gasteiger partial charge < -0.3 is 5.11 Å². The quantitative estimate of drug-likeness (QED) is 0.861. The summed E-state index contributed by atoms with van der Waals surface area (Å²) in [6.45, 7) is 0.299. The lowest BCUT2D eigenvalue weighted by Crippen LogP contribution is -2.25. The van der Waals surface area contributed by atoms with Gasteiger partial charge in [-0.2, -0.15) is 0 Å². The molecular formula is C10H10FNO4S. The third-order valence-electron chi connectivity index (χ3n) is 2.57. The molecule has 92 valence electrons. The van der Waals surface area contributed by atoms with Crippen LogP contribution < -0.4 is 4.31 Å². The van der Waals surface area contributed by atoms with Crippen molar-refractivity contribution in [2.24, 2.45) is 0 Å². The maximum atomic E-state index is 13.2. The fourth-order valence-electron chi connectivity index (χ4n) is 1.76. The van der Waals surface area contributed by atoms with Gasteiger partial charge in [-0.25, -0.2) is 17.6 Å². The fourth-order valence-corrected chi connectivity index (χ4v) is 3.32. The van der Waals surface area contributed by atoms with E-state index in [9.17, 15) is 17.6 Å². The molecule has 1 saturated heterocycles. The number of carboxylic acid groups (broad SMARTS) is 1. The number of hydrogen-bond acceptors (Lipinski definition) is 3. The second-order valence-corrected chi connectivity index (χ2v) is 5.72. The SMILES string of the molecule is O=C(O)c1cc(N2CCCS2(=O)=O)ccc1F. The summed E-state index contributed by atoms with van der Waals surface area (Å²) in [5, 5.41) is 8.76. The molecule has 0 radical (unpaired) electrons. The van der Waals surface area contributed by atoms with Crippen molar-refractivity contribution in [1.29, 1.82) is 0 Å². The zero-order valence-electron chi connectivity index (χ0n) is 8.76. The van der Waals surface area contributed by atoms with Crippen LogP contribution in [0.2, 0.25) is 0 Å². The molecule has 1 aliphatic heterocycles. The van der Waals surface area contributed by atoms with Crippen molar-refractivity contribution in [1.82, 2.24) is 0 Å². The molecule has 0 spiro atoms. The van der Waals surface area contributed by atoms with Crippen LogP contribution in [-0.4, -0.2) is 31.8 Å². The van der Waals surface area contributed by atoms with Gasteiger partial charge in [0.25, 0.3) is 0 Å². The molecule has 1 heterocycles. The first-order valence-corrected chi connectivity index (χ1v) is 6.56. The minimum atomic E-state index is -3.38. The van der Waals surface area contributed by atoms with E-state index in [0.717, 1.165) is 16.4 Å². The Labute approximate surface area is 97.5 Å². The number of benzene rings is 1. The van der Waals surface area contributed by atoms with Crippen LogP contribution in [0.4, 0.5) is 10.1 Å². The zero-order chi connectivity index (χ0) is 12.6. The summed E-state index contributed by atoms with van der Waals surface area (Å²) in [6.07, 6.45) is 0.488. The highest BCUT2D eigenvalue weighted by Gasteiger charge is 2.29. The number of anilines is 1. The lowest BCUT2D eigenvalue weighted by molar-refractivity contribution is 0.0692. The number of hydrogen-bond donors (Lipinski definition) is 1. The minimum absolute atomic E-state index is 0.0345. The lowest BCUT2D eigenvalue weighted by atomic mass is 10.2. The molecule has 5 nitrogen and oxygen atoms in total. The molecule has 0 amide bonds. The molecule has 2 rings (SSSR count). The van der Waals surface area contributed by atoms with Crippen LogP contribution in [0.25, 0.3) is 0 Å². The summed E-state index contributed by atoms with van der Waals surface area (Å²) in [6, 6.07) is 3.28. The fraction of sp³-hybridized carbons (Fsp3) is 0.300. The first-order valence-electron chi connectivity index (χ1n) is 4.95. The topological polar surface area (TPSA) is 74.7 Å². The van der Waals surface area contributed by atoms with Crippen LogP contribution in [0, 0.1) is 5.82 Å². The predicted octanol–water partition coefficient (Wildman–Crippen LogP) is 1.06. The Kier molecular flexibility index (Phi) is 2.78. The smallest absolute Gasteiger partial charge is 0.338 e. The molecule has 1 N–H and O–H groups in total. The van der Waals surface area contributed by atoms with E-state index in [2.05, 4.69) is 0 Å². The van der Waals surface area contributed by atoms with E-state index in [4.69, 9.17) is 5.11 Å². The maximum absolute atomic E-state index is 13.2. The Morgan fingerprint density at radius 1 is 1.41 bits per heavy atom. The average Bonchev–Trinajstić information content (AvgIpc) is 2.58. The Bertz CT molecular complexity index is 570. The number of carboxylic acids is 1. The van der Waals surface area contributed by atoms with Crippen molar-refractivity contribution in [2.45, 2.75) is 6.42 Å². The van der Waals surface area contributed by atoms with Crippen molar-refractivity contribution in [3.63, 3.8) is 0 Å². The van der Waals surface area contributed by atoms with E-state index in [1.165, 1.54) is 6.07 Å². The van der Waals surface area contributed by atoms with Gasteiger partial charge >= 0.3 is 5.97 Å². The Morgan fingerprint density at radius 2 is 2.12 bits per heavy atom. The third-order valence-corrected chi connectivity index (χ3v) is 4.44. The number of rotatable bonds is 2. The molecule has 1 fully saturated rings. The van der Waals surface area contributed by atoms with E-state index >= 15 is 0 Å². The van der Waals surface area contributed by atoms with E-state index < -0.39 is 27.4 Å². The van der Waals surface area contributed by atoms with Crippen LogP contribution in [0.3, 0.4) is 0 Å². The van der Waals surface area contributed by atoms with Gasteiger partial charge in [-0.05, 0) is 24.6 Å². The van der Waals surface area contributed by atoms with Gasteiger partial charge in [0, 0.05) is 6.54 Å². The molecule has 0 unspecified atom stereocenters. The van der Waals surface area contributed by atoms with Crippen molar-refractivity contribution < 1.29 is 22.7 Å². The normalized spacial score (nSPS) is 18.3. The molecule has 0 atom stereocenters. The van der Waals surface area contributed by atoms with Crippen LogP contribution in [0.1, 0.15) is 16.8 Å². The standard InChI is InChI=1S/C10H10FNO4S/c11-9-3-2-7(6-8(9)10(13)14)12-4-1-5-17(12,15)16/h2-3,6H,1,4-5H2,(H,13,14). The monoisotopic (exact) mass is 259 g/mol. The zero-order valence-corrected chi connectivity index (χ0v) is 9.58. The number of carbonyl (C=O) groups is 1. The van der Waals surface area contributed by atoms with Gasteiger partial charge in [0.05, 0.1) is 17.0 Å². The number of sulfonamides is 1. The number of halogens is 1. The average molecular weight is 259 g/mol. The van der Waals surface area contributed by atoms with Gasteiger partial charge in [-0.1, -0.05) is 0 Å². The summed E-state index contributed by atoms with van der Waals surface area (Å²) in [4.78, 5) is 10.7. The van der Waals surface area contributed by atoms with Crippen LogP contribution in [0.5, 0.6) is 0 Å². The van der Waals surface area contributed by atoms with Crippen molar-refractivity contribution in [3.8, 4) is 0 Å². The summed E-state index contributed by atoms with van der Waals surface area (Å²) in [5.74, 6) is -2.26. The Balaban J connectivity index is 2.47. The summed E-state index contributed by atoms with van der Waals surface area (Å²) in [7, 11) is -3.38. The molecule has 1 aliphatic rings. The number of aromatic carboxylic acids is 1. The molecule has 0 saturated carbocycles. The Morgan fingerprint density at radius 3 is 2.65 bits per heavy atom. The highest BCUT2D eigenvalue weighted by molar-refractivity contribution is 7.93. The van der Waals surface area contributed by atoms with E-state index in [0.29, 0.717) is 13.0 Å². The van der Waals surface area contributed by atoms with E-state index in [1.54, 1.807) is 0 Å². The summed E-state index contributed by atoms with van der Waals surface area (Å²) < 4.78 is 37.5. The van der Waals surface area contributed by atoms with Crippen LogP contribution in [-0.2, 0) is 10.0 Å². The largest absolute Gasteiger partial charge is 0.478 e. The molecule has 17 heavy (non-hydrogen) atoms. The third kappa shape index (κ3) is 2.10. The highest BCUT2D eigenvalue weighted by Crippen LogP contribution is 2.25.